The Hall–Kier alpha value is -3.18. The van der Waals surface area contributed by atoms with Gasteiger partial charge < -0.3 is 0 Å². The molecule has 3 aromatic heterocycles. The number of aryl methyl sites for hydroxylation is 1. The zero-order chi connectivity index (χ0) is 19.1. The molecule has 0 radical (unpaired) electrons. The first kappa shape index (κ1) is 17.0. The molecule has 0 amide bonds. The molecule has 1 aliphatic heterocycles. The minimum absolute atomic E-state index is 0.518. The van der Waals surface area contributed by atoms with Crippen LogP contribution in [-0.2, 0) is 13.0 Å². The van der Waals surface area contributed by atoms with E-state index in [1.54, 1.807) is 12.5 Å². The summed E-state index contributed by atoms with van der Waals surface area (Å²) in [5, 5.41) is 2.58. The molecule has 0 saturated carbocycles. The first-order valence-electron chi connectivity index (χ1n) is 9.03. The maximum atomic E-state index is 6.32. The van der Waals surface area contributed by atoms with Crippen LogP contribution in [0.3, 0.4) is 0 Å². The molecule has 0 saturated heterocycles. The summed E-state index contributed by atoms with van der Waals surface area (Å²) in [7, 11) is 0. The highest BCUT2D eigenvalue weighted by atomic mass is 35.5. The van der Waals surface area contributed by atoms with E-state index in [9.17, 15) is 0 Å². The second kappa shape index (κ2) is 6.77. The SMILES string of the molecule is Cc1ccc2c(Cl)nccc2c1Cc1ncccc1-c1ncnc2c1C=NC2. The van der Waals surface area contributed by atoms with Gasteiger partial charge in [-0.25, -0.2) is 15.0 Å². The van der Waals surface area contributed by atoms with E-state index in [0.29, 0.717) is 18.1 Å². The molecule has 0 unspecified atom stereocenters. The number of fused-ring (bicyclic) bond motifs is 2. The zero-order valence-electron chi connectivity index (χ0n) is 15.2. The van der Waals surface area contributed by atoms with Gasteiger partial charge in [0.15, 0.2) is 0 Å². The van der Waals surface area contributed by atoms with Gasteiger partial charge in [0.05, 0.1) is 23.6 Å². The van der Waals surface area contributed by atoms with Crippen LogP contribution in [0.4, 0.5) is 0 Å². The summed E-state index contributed by atoms with van der Waals surface area (Å²) >= 11 is 6.32. The van der Waals surface area contributed by atoms with Gasteiger partial charge in [0.25, 0.3) is 0 Å². The number of rotatable bonds is 3. The summed E-state index contributed by atoms with van der Waals surface area (Å²) in [4.78, 5) is 22.1. The lowest BCUT2D eigenvalue weighted by Crippen LogP contribution is -2.03. The molecule has 0 N–H and O–H groups in total. The summed E-state index contributed by atoms with van der Waals surface area (Å²) in [6.45, 7) is 2.72. The van der Waals surface area contributed by atoms with Crippen molar-refractivity contribution in [1.82, 2.24) is 19.9 Å². The maximum absolute atomic E-state index is 6.32. The quantitative estimate of drug-likeness (QED) is 0.484. The molecule has 0 aliphatic carbocycles. The van der Waals surface area contributed by atoms with Crippen LogP contribution in [0.2, 0.25) is 5.15 Å². The summed E-state index contributed by atoms with van der Waals surface area (Å²) < 4.78 is 0. The number of aliphatic imine (C=N–C) groups is 1. The molecule has 6 heteroatoms. The van der Waals surface area contributed by atoms with E-state index in [0.717, 1.165) is 39.0 Å². The van der Waals surface area contributed by atoms with Gasteiger partial charge in [-0.1, -0.05) is 23.7 Å². The Morgan fingerprint density at radius 2 is 1.89 bits per heavy atom. The second-order valence-corrected chi connectivity index (χ2v) is 7.14. The van der Waals surface area contributed by atoms with Crippen molar-refractivity contribution in [2.45, 2.75) is 19.9 Å². The summed E-state index contributed by atoms with van der Waals surface area (Å²) in [6, 6.07) is 10.1. The molecule has 0 atom stereocenters. The van der Waals surface area contributed by atoms with Crippen LogP contribution in [0, 0.1) is 6.92 Å². The lowest BCUT2D eigenvalue weighted by Gasteiger charge is -2.14. The molecule has 0 spiro atoms. The number of aromatic nitrogens is 4. The smallest absolute Gasteiger partial charge is 0.136 e. The Morgan fingerprint density at radius 1 is 0.964 bits per heavy atom. The molecule has 0 bridgehead atoms. The molecule has 1 aromatic carbocycles. The predicted octanol–water partition coefficient (Wildman–Crippen LogP) is 4.57. The average molecular weight is 386 g/mol. The largest absolute Gasteiger partial charge is 0.286 e. The van der Waals surface area contributed by atoms with E-state index in [4.69, 9.17) is 16.6 Å². The Balaban J connectivity index is 1.67. The standard InChI is InChI=1S/C22H16ClN5/c1-13-4-5-15-14(6-8-26-22(15)23)17(13)9-19-16(3-2-7-25-19)21-18-10-24-11-20(18)27-12-28-21/h2-8,10,12H,9,11H2,1H3. The van der Waals surface area contributed by atoms with E-state index in [2.05, 4.69) is 39.0 Å². The van der Waals surface area contributed by atoms with Gasteiger partial charge in [-0.05, 0) is 41.6 Å². The molecule has 4 heterocycles. The van der Waals surface area contributed by atoms with Gasteiger partial charge in [0, 0.05) is 41.5 Å². The number of hydrogen-bond acceptors (Lipinski definition) is 5. The lowest BCUT2D eigenvalue weighted by molar-refractivity contribution is 0.991. The number of nitrogens with zero attached hydrogens (tertiary/aromatic N) is 5. The van der Waals surface area contributed by atoms with Crippen molar-refractivity contribution in [1.29, 1.82) is 0 Å². The first-order chi connectivity index (χ1) is 13.7. The Kier molecular flexibility index (Phi) is 4.10. The number of hydrogen-bond donors (Lipinski definition) is 0. The molecule has 136 valence electrons. The van der Waals surface area contributed by atoms with Crippen LogP contribution in [0.5, 0.6) is 0 Å². The Morgan fingerprint density at radius 3 is 2.82 bits per heavy atom. The van der Waals surface area contributed by atoms with E-state index in [1.807, 2.05) is 30.6 Å². The van der Waals surface area contributed by atoms with E-state index in [1.165, 1.54) is 11.1 Å². The highest BCUT2D eigenvalue weighted by Crippen LogP contribution is 2.32. The van der Waals surface area contributed by atoms with Crippen molar-refractivity contribution in [2.24, 2.45) is 4.99 Å². The molecule has 5 nitrogen and oxygen atoms in total. The van der Waals surface area contributed by atoms with Gasteiger partial charge in [-0.15, -0.1) is 0 Å². The van der Waals surface area contributed by atoms with E-state index >= 15 is 0 Å². The van der Waals surface area contributed by atoms with Crippen LogP contribution in [0.1, 0.15) is 28.1 Å². The normalized spacial score (nSPS) is 12.5. The molecule has 0 fully saturated rings. The molecule has 4 aromatic rings. The van der Waals surface area contributed by atoms with Crippen LogP contribution in [0.15, 0.2) is 54.0 Å². The monoisotopic (exact) mass is 385 g/mol. The third-order valence-corrected chi connectivity index (χ3v) is 5.46. The molecular formula is C22H16ClN5. The highest BCUT2D eigenvalue weighted by Gasteiger charge is 2.19. The molecular weight excluding hydrogens is 370 g/mol. The maximum Gasteiger partial charge on any atom is 0.136 e. The minimum atomic E-state index is 0.518. The van der Waals surface area contributed by atoms with Crippen LogP contribution < -0.4 is 0 Å². The van der Waals surface area contributed by atoms with Crippen LogP contribution in [0.25, 0.3) is 22.0 Å². The molecule has 28 heavy (non-hydrogen) atoms. The third-order valence-electron chi connectivity index (χ3n) is 5.16. The van der Waals surface area contributed by atoms with E-state index < -0.39 is 0 Å². The Bertz CT molecular complexity index is 1250. The fourth-order valence-electron chi connectivity index (χ4n) is 3.72. The lowest BCUT2D eigenvalue weighted by atomic mass is 9.94. The summed E-state index contributed by atoms with van der Waals surface area (Å²) in [6.07, 6.45) is 7.71. The van der Waals surface area contributed by atoms with Gasteiger partial charge in [0.1, 0.15) is 11.5 Å². The van der Waals surface area contributed by atoms with Crippen molar-refractivity contribution >= 4 is 28.6 Å². The van der Waals surface area contributed by atoms with Gasteiger partial charge >= 0.3 is 0 Å². The fraction of sp³-hybridized carbons (Fsp3) is 0.136. The van der Waals surface area contributed by atoms with Crippen molar-refractivity contribution in [3.05, 3.63) is 82.3 Å². The van der Waals surface area contributed by atoms with Crippen molar-refractivity contribution < 1.29 is 0 Å². The number of benzene rings is 1. The summed E-state index contributed by atoms with van der Waals surface area (Å²) in [5.74, 6) is 0. The fourth-order valence-corrected chi connectivity index (χ4v) is 3.94. The van der Waals surface area contributed by atoms with Crippen molar-refractivity contribution in [3.8, 4) is 11.3 Å². The Labute approximate surface area is 167 Å². The van der Waals surface area contributed by atoms with Crippen molar-refractivity contribution in [3.63, 3.8) is 0 Å². The summed E-state index contributed by atoms with van der Waals surface area (Å²) in [5.41, 5.74) is 7.19. The van der Waals surface area contributed by atoms with Crippen molar-refractivity contribution in [2.75, 3.05) is 0 Å². The second-order valence-electron chi connectivity index (χ2n) is 6.78. The third kappa shape index (κ3) is 2.75. The predicted molar refractivity (Wildman–Crippen MR) is 111 cm³/mol. The zero-order valence-corrected chi connectivity index (χ0v) is 16.0. The van der Waals surface area contributed by atoms with Gasteiger partial charge in [-0.3, -0.25) is 9.98 Å². The van der Waals surface area contributed by atoms with E-state index in [-0.39, 0.29) is 0 Å². The number of pyridine rings is 2. The number of halogens is 1. The van der Waals surface area contributed by atoms with Gasteiger partial charge in [0.2, 0.25) is 0 Å². The molecule has 1 aliphatic rings. The topological polar surface area (TPSA) is 63.9 Å². The molecule has 5 rings (SSSR count). The van der Waals surface area contributed by atoms with Crippen LogP contribution >= 0.6 is 11.6 Å². The average Bonchev–Trinajstić information content (AvgIpc) is 3.20. The highest BCUT2D eigenvalue weighted by molar-refractivity contribution is 6.34. The minimum Gasteiger partial charge on any atom is -0.286 e. The van der Waals surface area contributed by atoms with Crippen LogP contribution in [-0.4, -0.2) is 26.2 Å². The first-order valence-corrected chi connectivity index (χ1v) is 9.41. The van der Waals surface area contributed by atoms with Gasteiger partial charge in [-0.2, -0.15) is 0 Å².